The van der Waals surface area contributed by atoms with Gasteiger partial charge < -0.3 is 14.6 Å². The van der Waals surface area contributed by atoms with Crippen LogP contribution in [0, 0.1) is 0 Å². The molecule has 0 atom stereocenters. The number of ether oxygens (including phenoxy) is 1. The zero-order valence-electron chi connectivity index (χ0n) is 19.4. The highest BCUT2D eigenvalue weighted by molar-refractivity contribution is 5.84. The second-order valence-electron chi connectivity index (χ2n) is 8.26. The molecule has 0 unspecified atom stereocenters. The van der Waals surface area contributed by atoms with Crippen molar-refractivity contribution in [1.82, 2.24) is 19.5 Å². The van der Waals surface area contributed by atoms with Crippen LogP contribution in [0.2, 0.25) is 0 Å². The summed E-state index contributed by atoms with van der Waals surface area (Å²) >= 11 is 0. The maximum absolute atomic E-state index is 12.7. The SMILES string of the molecule is CC(C)N=c1cc2n(-c3ccc(OC(F)(F)F)cc3)c3ccccc3nc-2cc1Nc1ncccn1. The number of fused-ring (bicyclic) bond motifs is 2. The van der Waals surface area contributed by atoms with Crippen molar-refractivity contribution in [3.63, 3.8) is 0 Å². The average Bonchev–Trinajstić information content (AvgIpc) is 2.83. The van der Waals surface area contributed by atoms with Crippen molar-refractivity contribution < 1.29 is 17.9 Å². The molecule has 3 aromatic rings. The van der Waals surface area contributed by atoms with E-state index < -0.39 is 6.36 Å². The third-order valence-corrected chi connectivity index (χ3v) is 5.24. The number of rotatable bonds is 5. The second kappa shape index (κ2) is 9.29. The highest BCUT2D eigenvalue weighted by Crippen LogP contribution is 2.31. The molecule has 2 aliphatic rings. The van der Waals surface area contributed by atoms with Crippen LogP contribution in [0.5, 0.6) is 5.75 Å². The fourth-order valence-corrected chi connectivity index (χ4v) is 3.89. The topological polar surface area (TPSA) is 77.2 Å². The molecule has 36 heavy (non-hydrogen) atoms. The van der Waals surface area contributed by atoms with E-state index in [4.69, 9.17) is 9.98 Å². The summed E-state index contributed by atoms with van der Waals surface area (Å²) in [7, 11) is 0. The van der Waals surface area contributed by atoms with Crippen LogP contribution in [0.25, 0.3) is 28.1 Å². The van der Waals surface area contributed by atoms with Gasteiger partial charge in [0.1, 0.15) is 5.75 Å². The molecule has 1 aliphatic carbocycles. The van der Waals surface area contributed by atoms with Gasteiger partial charge in [-0.05, 0) is 68.4 Å². The van der Waals surface area contributed by atoms with Crippen LogP contribution in [0.1, 0.15) is 13.8 Å². The summed E-state index contributed by atoms with van der Waals surface area (Å²) in [6.07, 6.45) is -1.48. The normalized spacial score (nSPS) is 12.4. The Morgan fingerprint density at radius 1 is 0.944 bits per heavy atom. The van der Waals surface area contributed by atoms with Gasteiger partial charge in [0.2, 0.25) is 5.95 Å². The van der Waals surface area contributed by atoms with Crippen molar-refractivity contribution in [3.8, 4) is 22.8 Å². The molecular weight excluding hydrogens is 469 g/mol. The minimum Gasteiger partial charge on any atom is -0.406 e. The third kappa shape index (κ3) is 4.97. The quantitative estimate of drug-likeness (QED) is 0.312. The van der Waals surface area contributed by atoms with E-state index >= 15 is 0 Å². The van der Waals surface area contributed by atoms with E-state index in [0.29, 0.717) is 28.4 Å². The Labute approximate surface area is 204 Å². The molecule has 1 aromatic heterocycles. The van der Waals surface area contributed by atoms with Crippen molar-refractivity contribution in [2.24, 2.45) is 4.99 Å². The van der Waals surface area contributed by atoms with Gasteiger partial charge >= 0.3 is 6.36 Å². The average molecular weight is 490 g/mol. The summed E-state index contributed by atoms with van der Waals surface area (Å²) in [4.78, 5) is 18.1. The molecule has 2 aromatic carbocycles. The summed E-state index contributed by atoms with van der Waals surface area (Å²) in [5.74, 6) is 0.130. The van der Waals surface area contributed by atoms with Crippen LogP contribution < -0.4 is 15.4 Å². The molecule has 0 fully saturated rings. The van der Waals surface area contributed by atoms with Crippen molar-refractivity contribution in [1.29, 1.82) is 0 Å². The second-order valence-corrected chi connectivity index (χ2v) is 8.26. The van der Waals surface area contributed by atoms with Gasteiger partial charge in [-0.3, -0.25) is 4.99 Å². The Hall–Kier alpha value is -4.47. The molecule has 2 heterocycles. The molecule has 0 amide bonds. The van der Waals surface area contributed by atoms with Gasteiger partial charge in [-0.2, -0.15) is 0 Å². The van der Waals surface area contributed by atoms with E-state index in [9.17, 15) is 13.2 Å². The smallest absolute Gasteiger partial charge is 0.406 e. The fraction of sp³-hybridized carbons (Fsp3) is 0.154. The number of alkyl halides is 3. The molecule has 0 saturated heterocycles. The number of para-hydroxylation sites is 2. The molecule has 0 saturated carbocycles. The number of benzene rings is 3. The van der Waals surface area contributed by atoms with Crippen LogP contribution in [0.4, 0.5) is 24.8 Å². The highest BCUT2D eigenvalue weighted by Gasteiger charge is 2.31. The van der Waals surface area contributed by atoms with Crippen LogP contribution in [0.15, 0.2) is 84.1 Å². The van der Waals surface area contributed by atoms with E-state index in [2.05, 4.69) is 20.0 Å². The zero-order chi connectivity index (χ0) is 25.3. The Morgan fingerprint density at radius 3 is 2.36 bits per heavy atom. The van der Waals surface area contributed by atoms with Gasteiger partial charge in [0, 0.05) is 24.1 Å². The molecule has 7 nitrogen and oxygen atoms in total. The number of aromatic nitrogens is 4. The van der Waals surface area contributed by atoms with Crippen LogP contribution >= 0.6 is 0 Å². The van der Waals surface area contributed by atoms with Gasteiger partial charge in [-0.15, -0.1) is 13.2 Å². The molecular formula is C26H21F3N6O. The Balaban J connectivity index is 1.74. The van der Waals surface area contributed by atoms with Gasteiger partial charge in [0.05, 0.1) is 33.5 Å². The summed E-state index contributed by atoms with van der Waals surface area (Å²) in [5.41, 5.74) is 4.23. The van der Waals surface area contributed by atoms with Crippen molar-refractivity contribution in [3.05, 3.63) is 84.5 Å². The van der Waals surface area contributed by atoms with E-state index in [1.165, 1.54) is 12.1 Å². The number of anilines is 2. The lowest BCUT2D eigenvalue weighted by Crippen LogP contribution is -2.17. The molecule has 1 aliphatic heterocycles. The van der Waals surface area contributed by atoms with Gasteiger partial charge in [-0.1, -0.05) is 12.1 Å². The maximum atomic E-state index is 12.7. The first-order valence-corrected chi connectivity index (χ1v) is 11.2. The predicted molar refractivity (Wildman–Crippen MR) is 130 cm³/mol. The summed E-state index contributed by atoms with van der Waals surface area (Å²) < 4.78 is 44.0. The lowest BCUT2D eigenvalue weighted by atomic mass is 10.1. The maximum Gasteiger partial charge on any atom is 0.573 e. The van der Waals surface area contributed by atoms with Crippen LogP contribution in [-0.2, 0) is 0 Å². The molecule has 5 rings (SSSR count). The fourth-order valence-electron chi connectivity index (χ4n) is 3.89. The largest absolute Gasteiger partial charge is 0.573 e. The lowest BCUT2D eigenvalue weighted by Gasteiger charge is -2.20. The third-order valence-electron chi connectivity index (χ3n) is 5.24. The number of nitrogens with zero attached hydrogens (tertiary/aromatic N) is 5. The van der Waals surface area contributed by atoms with Gasteiger partial charge in [0.25, 0.3) is 0 Å². The highest BCUT2D eigenvalue weighted by atomic mass is 19.4. The molecule has 0 bridgehead atoms. The van der Waals surface area contributed by atoms with Crippen molar-refractivity contribution in [2.45, 2.75) is 26.3 Å². The minimum atomic E-state index is -4.76. The Kier molecular flexibility index (Phi) is 6.01. The van der Waals surface area contributed by atoms with Crippen molar-refractivity contribution >= 4 is 22.7 Å². The first kappa shape index (κ1) is 23.3. The first-order chi connectivity index (χ1) is 17.3. The number of nitrogens with one attached hydrogen (secondary N) is 1. The van der Waals surface area contributed by atoms with Gasteiger partial charge in [0.15, 0.2) is 0 Å². The minimum absolute atomic E-state index is 0.000332. The number of hydrogen-bond acceptors (Lipinski definition) is 6. The number of hydrogen-bond donors (Lipinski definition) is 1. The molecule has 0 radical (unpaired) electrons. The standard InChI is InChI=1S/C26H21F3N6O/c1-16(2)32-21-15-24-22(14-20(21)34-25-30-12-5-13-31-25)33-19-6-3-4-7-23(19)35(24)17-8-10-18(11-9-17)36-26(27,28)29/h3-16H,1-2H3,(H,30,31,34). The van der Waals surface area contributed by atoms with Crippen LogP contribution in [0.3, 0.4) is 0 Å². The summed E-state index contributed by atoms with van der Waals surface area (Å²) in [6, 6.07) is 18.8. The molecule has 0 spiro atoms. The molecule has 182 valence electrons. The molecule has 10 heteroatoms. The summed E-state index contributed by atoms with van der Waals surface area (Å²) in [5, 5.41) is 3.89. The zero-order valence-corrected chi connectivity index (χ0v) is 19.4. The van der Waals surface area contributed by atoms with Gasteiger partial charge in [-0.25, -0.2) is 15.0 Å². The Morgan fingerprint density at radius 2 is 1.67 bits per heavy atom. The van der Waals surface area contributed by atoms with Crippen LogP contribution in [-0.4, -0.2) is 31.9 Å². The summed E-state index contributed by atoms with van der Waals surface area (Å²) in [6.45, 7) is 3.94. The predicted octanol–water partition coefficient (Wildman–Crippen LogP) is 5.87. The Bertz CT molecular complexity index is 1550. The van der Waals surface area contributed by atoms with E-state index in [1.54, 1.807) is 30.6 Å². The van der Waals surface area contributed by atoms with E-state index in [-0.39, 0.29) is 11.8 Å². The monoisotopic (exact) mass is 490 g/mol. The van der Waals surface area contributed by atoms with Crippen molar-refractivity contribution in [2.75, 3.05) is 5.32 Å². The lowest BCUT2D eigenvalue weighted by molar-refractivity contribution is -0.274. The van der Waals surface area contributed by atoms with E-state index in [0.717, 1.165) is 16.7 Å². The first-order valence-electron chi connectivity index (χ1n) is 11.2. The molecule has 1 N–H and O–H groups in total. The number of halogens is 3. The van der Waals surface area contributed by atoms with E-state index in [1.807, 2.05) is 54.8 Å².